The zero-order chi connectivity index (χ0) is 12.1. The standard InChI is InChI=1S/C13H19ClN2O/c1-17-13-4-2-3-12(16-13)15-9-10-5-7-11(14)8-6-10/h2-4,10-11H,5-9H2,1H3,(H,15,16). The zero-order valence-electron chi connectivity index (χ0n) is 10.2. The highest BCUT2D eigenvalue weighted by Gasteiger charge is 2.19. The fourth-order valence-electron chi connectivity index (χ4n) is 2.20. The number of halogens is 1. The van der Waals surface area contributed by atoms with Crippen molar-refractivity contribution in [1.29, 1.82) is 0 Å². The second-order valence-corrected chi connectivity index (χ2v) is 5.18. The summed E-state index contributed by atoms with van der Waals surface area (Å²) in [5, 5.41) is 3.76. The Balaban J connectivity index is 1.81. The van der Waals surface area contributed by atoms with E-state index in [2.05, 4.69) is 10.3 Å². The molecule has 2 rings (SSSR count). The molecule has 1 aliphatic carbocycles. The topological polar surface area (TPSA) is 34.1 Å². The van der Waals surface area contributed by atoms with E-state index < -0.39 is 0 Å². The van der Waals surface area contributed by atoms with Crippen LogP contribution in [0.4, 0.5) is 5.82 Å². The Bertz CT molecular complexity index is 351. The zero-order valence-corrected chi connectivity index (χ0v) is 10.9. The molecule has 0 aromatic carbocycles. The molecule has 1 aromatic heterocycles. The third-order valence-corrected chi connectivity index (χ3v) is 3.72. The van der Waals surface area contributed by atoms with Gasteiger partial charge in [0.1, 0.15) is 5.82 Å². The van der Waals surface area contributed by atoms with Gasteiger partial charge in [0.05, 0.1) is 7.11 Å². The molecule has 0 spiro atoms. The molecule has 0 bridgehead atoms. The number of hydrogen-bond donors (Lipinski definition) is 1. The summed E-state index contributed by atoms with van der Waals surface area (Å²) < 4.78 is 5.09. The maximum Gasteiger partial charge on any atom is 0.214 e. The normalized spacial score (nSPS) is 24.4. The van der Waals surface area contributed by atoms with Crippen molar-refractivity contribution in [2.45, 2.75) is 31.1 Å². The second-order valence-electron chi connectivity index (χ2n) is 4.56. The Kier molecular flexibility index (Phi) is 4.49. The van der Waals surface area contributed by atoms with Crippen molar-refractivity contribution in [2.24, 2.45) is 5.92 Å². The van der Waals surface area contributed by atoms with Crippen molar-refractivity contribution in [3.05, 3.63) is 18.2 Å². The van der Waals surface area contributed by atoms with Gasteiger partial charge in [-0.25, -0.2) is 0 Å². The van der Waals surface area contributed by atoms with Crippen LogP contribution >= 0.6 is 11.6 Å². The highest BCUT2D eigenvalue weighted by Crippen LogP contribution is 2.27. The first-order chi connectivity index (χ1) is 8.28. The molecule has 17 heavy (non-hydrogen) atoms. The van der Waals surface area contributed by atoms with Crippen molar-refractivity contribution in [3.63, 3.8) is 0 Å². The molecule has 1 aliphatic rings. The highest BCUT2D eigenvalue weighted by molar-refractivity contribution is 6.20. The van der Waals surface area contributed by atoms with E-state index in [0.29, 0.717) is 11.3 Å². The van der Waals surface area contributed by atoms with Crippen molar-refractivity contribution >= 4 is 17.4 Å². The van der Waals surface area contributed by atoms with E-state index >= 15 is 0 Å². The van der Waals surface area contributed by atoms with Gasteiger partial charge >= 0.3 is 0 Å². The maximum absolute atomic E-state index is 6.09. The summed E-state index contributed by atoms with van der Waals surface area (Å²) in [6.07, 6.45) is 4.70. The van der Waals surface area contributed by atoms with Gasteiger partial charge in [0, 0.05) is 18.0 Å². The number of ether oxygens (including phenoxy) is 1. The van der Waals surface area contributed by atoms with Crippen LogP contribution in [-0.2, 0) is 0 Å². The average Bonchev–Trinajstić information content (AvgIpc) is 2.38. The van der Waals surface area contributed by atoms with Gasteiger partial charge in [0.25, 0.3) is 0 Å². The van der Waals surface area contributed by atoms with Gasteiger partial charge in [0.2, 0.25) is 5.88 Å². The number of aromatic nitrogens is 1. The minimum Gasteiger partial charge on any atom is -0.481 e. The van der Waals surface area contributed by atoms with Crippen LogP contribution in [0.3, 0.4) is 0 Å². The molecule has 1 heterocycles. The monoisotopic (exact) mass is 254 g/mol. The molecular weight excluding hydrogens is 236 g/mol. The average molecular weight is 255 g/mol. The van der Waals surface area contributed by atoms with Crippen molar-refractivity contribution in [2.75, 3.05) is 19.0 Å². The van der Waals surface area contributed by atoms with Crippen LogP contribution in [-0.4, -0.2) is 24.0 Å². The molecule has 1 N–H and O–H groups in total. The van der Waals surface area contributed by atoms with Gasteiger partial charge in [-0.1, -0.05) is 6.07 Å². The Morgan fingerprint density at radius 2 is 2.12 bits per heavy atom. The number of nitrogens with zero attached hydrogens (tertiary/aromatic N) is 1. The van der Waals surface area contributed by atoms with E-state index in [-0.39, 0.29) is 0 Å². The SMILES string of the molecule is COc1cccc(NCC2CCC(Cl)CC2)n1. The lowest BCUT2D eigenvalue weighted by Gasteiger charge is -2.25. The van der Waals surface area contributed by atoms with Crippen LogP contribution in [0.25, 0.3) is 0 Å². The van der Waals surface area contributed by atoms with E-state index in [9.17, 15) is 0 Å². The summed E-state index contributed by atoms with van der Waals surface area (Å²) in [6, 6.07) is 5.77. The highest BCUT2D eigenvalue weighted by atomic mass is 35.5. The molecule has 4 heteroatoms. The first kappa shape index (κ1) is 12.5. The summed E-state index contributed by atoms with van der Waals surface area (Å²) in [5.41, 5.74) is 0. The second kappa shape index (κ2) is 6.10. The number of alkyl halides is 1. The van der Waals surface area contributed by atoms with Crippen LogP contribution < -0.4 is 10.1 Å². The van der Waals surface area contributed by atoms with E-state index in [1.165, 1.54) is 12.8 Å². The Hall–Kier alpha value is -0.960. The van der Waals surface area contributed by atoms with E-state index in [1.807, 2.05) is 18.2 Å². The number of nitrogens with one attached hydrogen (secondary N) is 1. The third-order valence-electron chi connectivity index (χ3n) is 3.28. The summed E-state index contributed by atoms with van der Waals surface area (Å²) in [7, 11) is 1.63. The van der Waals surface area contributed by atoms with Gasteiger partial charge < -0.3 is 10.1 Å². The van der Waals surface area contributed by atoms with E-state index in [0.717, 1.165) is 31.1 Å². The van der Waals surface area contributed by atoms with Crippen LogP contribution in [0.15, 0.2) is 18.2 Å². The van der Waals surface area contributed by atoms with Crippen molar-refractivity contribution in [1.82, 2.24) is 4.98 Å². The molecule has 1 fully saturated rings. The largest absolute Gasteiger partial charge is 0.481 e. The number of methoxy groups -OCH3 is 1. The molecule has 0 saturated heterocycles. The molecule has 3 nitrogen and oxygen atoms in total. The quantitative estimate of drug-likeness (QED) is 0.838. The van der Waals surface area contributed by atoms with Crippen LogP contribution in [0.1, 0.15) is 25.7 Å². The number of pyridine rings is 1. The van der Waals surface area contributed by atoms with E-state index in [4.69, 9.17) is 16.3 Å². The first-order valence-electron chi connectivity index (χ1n) is 6.17. The number of hydrogen-bond acceptors (Lipinski definition) is 3. The first-order valence-corrected chi connectivity index (χ1v) is 6.60. The fraction of sp³-hybridized carbons (Fsp3) is 0.615. The van der Waals surface area contributed by atoms with E-state index in [1.54, 1.807) is 7.11 Å². The minimum absolute atomic E-state index is 0.390. The smallest absolute Gasteiger partial charge is 0.214 e. The fourth-order valence-corrected chi connectivity index (χ4v) is 2.45. The van der Waals surface area contributed by atoms with Crippen LogP contribution in [0.2, 0.25) is 0 Å². The Morgan fingerprint density at radius 1 is 1.35 bits per heavy atom. The van der Waals surface area contributed by atoms with Gasteiger partial charge in [-0.15, -0.1) is 11.6 Å². The van der Waals surface area contributed by atoms with Crippen LogP contribution in [0, 0.1) is 5.92 Å². The maximum atomic E-state index is 6.09. The lowest BCUT2D eigenvalue weighted by Crippen LogP contribution is -2.21. The molecule has 1 saturated carbocycles. The third kappa shape index (κ3) is 3.77. The molecule has 0 radical (unpaired) electrons. The molecule has 0 amide bonds. The lowest BCUT2D eigenvalue weighted by atomic mass is 9.89. The predicted molar refractivity (Wildman–Crippen MR) is 70.9 cm³/mol. The van der Waals surface area contributed by atoms with Gasteiger partial charge in [-0.05, 0) is 37.7 Å². The Labute approximate surface area is 108 Å². The molecule has 0 aliphatic heterocycles. The number of anilines is 1. The molecule has 94 valence electrons. The molecule has 0 unspecified atom stereocenters. The van der Waals surface area contributed by atoms with Crippen molar-refractivity contribution < 1.29 is 4.74 Å². The summed E-state index contributed by atoms with van der Waals surface area (Å²) >= 11 is 6.09. The summed E-state index contributed by atoms with van der Waals surface area (Å²) in [6.45, 7) is 0.976. The summed E-state index contributed by atoms with van der Waals surface area (Å²) in [4.78, 5) is 4.33. The van der Waals surface area contributed by atoms with Crippen molar-refractivity contribution in [3.8, 4) is 5.88 Å². The number of rotatable bonds is 4. The molecule has 0 atom stereocenters. The van der Waals surface area contributed by atoms with Crippen LogP contribution in [0.5, 0.6) is 5.88 Å². The van der Waals surface area contributed by atoms with Gasteiger partial charge in [-0.2, -0.15) is 4.98 Å². The van der Waals surface area contributed by atoms with Gasteiger partial charge in [-0.3, -0.25) is 0 Å². The summed E-state index contributed by atoms with van der Waals surface area (Å²) in [5.74, 6) is 2.26. The minimum atomic E-state index is 0.390. The predicted octanol–water partition coefficient (Wildman–Crippen LogP) is 3.30. The Morgan fingerprint density at radius 3 is 2.82 bits per heavy atom. The lowest BCUT2D eigenvalue weighted by molar-refractivity contribution is 0.377. The van der Waals surface area contributed by atoms with Gasteiger partial charge in [0.15, 0.2) is 0 Å². The molecular formula is C13H19ClN2O. The molecule has 1 aromatic rings.